The second-order valence-electron chi connectivity index (χ2n) is 6.53. The molecule has 0 amide bonds. The summed E-state index contributed by atoms with van der Waals surface area (Å²) in [5.41, 5.74) is 2.79. The fourth-order valence-corrected chi connectivity index (χ4v) is 5.56. The Morgan fingerprint density at radius 1 is 1.23 bits per heavy atom. The van der Waals surface area contributed by atoms with Crippen LogP contribution in [0.5, 0.6) is 0 Å². The molecule has 0 aliphatic carbocycles. The molecule has 4 atom stereocenters. The van der Waals surface area contributed by atoms with Crippen molar-refractivity contribution in [3.63, 3.8) is 0 Å². The SMILES string of the molecule is CC(C)[C@]1(COP(=O)(O)OP(=O)(O)OP(=O)(O)O)OC(n2ccc(N)nc2=O)=C[C@@H]1O. The number of rotatable bonds is 9. The third-order valence-electron chi connectivity index (χ3n) is 4.00. The number of hydrogen-bond donors (Lipinski definition) is 6. The summed E-state index contributed by atoms with van der Waals surface area (Å²) in [7, 11) is -16.7. The summed E-state index contributed by atoms with van der Waals surface area (Å²) >= 11 is 0. The van der Waals surface area contributed by atoms with Crippen molar-refractivity contribution in [2.75, 3.05) is 12.3 Å². The molecule has 16 nitrogen and oxygen atoms in total. The standard InChI is InChI=1S/C12H20N3O13P3/c1-7(2)12(6-25-30(21,22)28-31(23,24)27-29(18,19)20)8(16)5-10(26-12)15-4-3-9(13)14-11(15)17/h3-5,7-8,16H,6H2,1-2H3,(H,21,22)(H,23,24)(H2,13,14,17)(H2,18,19,20)/t8-,12-/m0/s1. The highest BCUT2D eigenvalue weighted by molar-refractivity contribution is 7.66. The largest absolute Gasteiger partial charge is 0.490 e. The lowest BCUT2D eigenvalue weighted by Gasteiger charge is -2.36. The molecule has 7 N–H and O–H groups in total. The number of aliphatic hydroxyl groups excluding tert-OH is 1. The number of nitrogen functional groups attached to an aromatic ring is 1. The molecular weight excluding hydrogens is 487 g/mol. The normalized spacial score (nSPS) is 25.5. The number of phosphoric acid groups is 3. The van der Waals surface area contributed by atoms with Crippen molar-refractivity contribution in [3.05, 3.63) is 28.8 Å². The summed E-state index contributed by atoms with van der Waals surface area (Å²) in [6.07, 6.45) is 0.806. The average molecular weight is 507 g/mol. The zero-order valence-electron chi connectivity index (χ0n) is 15.9. The quantitative estimate of drug-likeness (QED) is 0.236. The monoisotopic (exact) mass is 507 g/mol. The van der Waals surface area contributed by atoms with Crippen LogP contribution in [-0.2, 0) is 31.6 Å². The van der Waals surface area contributed by atoms with Crippen LogP contribution in [0.2, 0.25) is 0 Å². The van der Waals surface area contributed by atoms with Crippen molar-refractivity contribution in [2.24, 2.45) is 5.92 Å². The summed E-state index contributed by atoms with van der Waals surface area (Å²) < 4.78 is 52.5. The first-order valence-corrected chi connectivity index (χ1v) is 12.7. The molecule has 176 valence electrons. The van der Waals surface area contributed by atoms with Crippen LogP contribution in [0.3, 0.4) is 0 Å². The Hall–Kier alpha value is -1.41. The average Bonchev–Trinajstić information content (AvgIpc) is 2.87. The summed E-state index contributed by atoms with van der Waals surface area (Å²) in [5.74, 6) is -0.905. The van der Waals surface area contributed by atoms with E-state index in [1.54, 1.807) is 0 Å². The van der Waals surface area contributed by atoms with E-state index in [1.165, 1.54) is 26.1 Å². The summed E-state index contributed by atoms with van der Waals surface area (Å²) in [6.45, 7) is 2.14. The number of anilines is 1. The first kappa shape index (κ1) is 25.8. The van der Waals surface area contributed by atoms with Crippen molar-refractivity contribution in [2.45, 2.75) is 25.6 Å². The molecule has 2 rings (SSSR count). The lowest BCUT2D eigenvalue weighted by Crippen LogP contribution is -2.49. The van der Waals surface area contributed by atoms with Crippen molar-refractivity contribution in [1.82, 2.24) is 9.55 Å². The summed E-state index contributed by atoms with van der Waals surface area (Å²) in [4.78, 5) is 51.5. The predicted molar refractivity (Wildman–Crippen MR) is 102 cm³/mol. The molecule has 1 aliphatic heterocycles. The molecule has 0 saturated carbocycles. The maximum atomic E-state index is 12.0. The van der Waals surface area contributed by atoms with Crippen molar-refractivity contribution in [1.29, 1.82) is 0 Å². The Labute approximate surface area is 174 Å². The number of nitrogens with zero attached hydrogens (tertiary/aromatic N) is 2. The van der Waals surface area contributed by atoms with Gasteiger partial charge in [0.2, 0.25) is 5.88 Å². The van der Waals surface area contributed by atoms with E-state index < -0.39 is 53.4 Å². The molecule has 1 aliphatic rings. The van der Waals surface area contributed by atoms with Gasteiger partial charge in [0.05, 0.1) is 0 Å². The van der Waals surface area contributed by atoms with Crippen LogP contribution >= 0.6 is 23.5 Å². The molecule has 1 aromatic heterocycles. The molecule has 0 bridgehead atoms. The molecule has 0 spiro atoms. The molecule has 0 aromatic carbocycles. The van der Waals surface area contributed by atoms with E-state index in [-0.39, 0.29) is 11.7 Å². The zero-order valence-corrected chi connectivity index (χ0v) is 18.6. The molecule has 19 heteroatoms. The number of nitrogens with two attached hydrogens (primary N) is 1. The number of aromatic nitrogens is 2. The van der Waals surface area contributed by atoms with Gasteiger partial charge in [0.25, 0.3) is 0 Å². The van der Waals surface area contributed by atoms with Gasteiger partial charge in [-0.1, -0.05) is 13.8 Å². The zero-order chi connectivity index (χ0) is 23.8. The first-order valence-electron chi connectivity index (χ1n) is 8.19. The number of ether oxygens (including phenoxy) is 1. The van der Waals surface area contributed by atoms with Gasteiger partial charge >= 0.3 is 29.2 Å². The van der Waals surface area contributed by atoms with Gasteiger partial charge in [-0.15, -0.1) is 0 Å². The highest BCUT2D eigenvalue weighted by atomic mass is 31.3. The van der Waals surface area contributed by atoms with Crippen LogP contribution in [0.1, 0.15) is 13.8 Å². The van der Waals surface area contributed by atoms with E-state index in [0.29, 0.717) is 0 Å². The maximum Gasteiger partial charge on any atom is 0.490 e. The highest BCUT2D eigenvalue weighted by Gasteiger charge is 2.51. The minimum atomic E-state index is -5.71. The van der Waals surface area contributed by atoms with Gasteiger partial charge in [-0.05, 0) is 12.0 Å². The van der Waals surface area contributed by atoms with E-state index in [0.717, 1.165) is 10.6 Å². The Morgan fingerprint density at radius 2 is 1.84 bits per heavy atom. The molecule has 0 saturated heterocycles. The van der Waals surface area contributed by atoms with Gasteiger partial charge in [0.1, 0.15) is 18.5 Å². The molecule has 1 aromatic rings. The lowest BCUT2D eigenvalue weighted by atomic mass is 9.86. The van der Waals surface area contributed by atoms with Crippen LogP contribution in [-0.4, -0.2) is 52.5 Å². The Balaban J connectivity index is 2.21. The Bertz CT molecular complexity index is 1070. The van der Waals surface area contributed by atoms with Crippen LogP contribution in [0.15, 0.2) is 23.1 Å². The van der Waals surface area contributed by atoms with Crippen LogP contribution in [0, 0.1) is 5.92 Å². The number of hydrogen-bond acceptors (Lipinski definition) is 11. The van der Waals surface area contributed by atoms with Gasteiger partial charge in [-0.2, -0.15) is 13.6 Å². The third kappa shape index (κ3) is 6.54. The summed E-state index contributed by atoms with van der Waals surface area (Å²) in [6, 6.07) is 1.28. The lowest BCUT2D eigenvalue weighted by molar-refractivity contribution is -0.0969. The summed E-state index contributed by atoms with van der Waals surface area (Å²) in [5, 5.41) is 10.5. The molecule has 2 heterocycles. The first-order chi connectivity index (χ1) is 14.0. The van der Waals surface area contributed by atoms with E-state index in [9.17, 15) is 33.4 Å². The van der Waals surface area contributed by atoms with Gasteiger partial charge in [-0.25, -0.2) is 23.1 Å². The minimum absolute atomic E-state index is 0.0665. The fourth-order valence-electron chi connectivity index (χ4n) is 2.51. The van der Waals surface area contributed by atoms with Crippen LogP contribution in [0.25, 0.3) is 5.88 Å². The van der Waals surface area contributed by atoms with E-state index >= 15 is 0 Å². The topological polar surface area (TPSA) is 250 Å². The van der Waals surface area contributed by atoms with Crippen LogP contribution < -0.4 is 11.4 Å². The van der Waals surface area contributed by atoms with Crippen LogP contribution in [0.4, 0.5) is 5.82 Å². The van der Waals surface area contributed by atoms with Crippen molar-refractivity contribution < 1.29 is 56.3 Å². The smallest absolute Gasteiger partial charge is 0.466 e. The number of aliphatic hydroxyl groups is 1. The minimum Gasteiger partial charge on any atom is -0.466 e. The maximum absolute atomic E-state index is 12.0. The van der Waals surface area contributed by atoms with E-state index in [1.807, 2.05) is 0 Å². The molecule has 2 unspecified atom stereocenters. The second kappa shape index (κ2) is 8.85. The number of phosphoric ester groups is 1. The van der Waals surface area contributed by atoms with Gasteiger partial charge in [0, 0.05) is 12.3 Å². The predicted octanol–water partition coefficient (Wildman–Crippen LogP) is -0.247. The van der Waals surface area contributed by atoms with Crippen molar-refractivity contribution >= 4 is 35.2 Å². The Kier molecular flexibility index (Phi) is 7.38. The Morgan fingerprint density at radius 3 is 2.35 bits per heavy atom. The third-order valence-corrected chi connectivity index (χ3v) is 7.79. The van der Waals surface area contributed by atoms with Crippen molar-refractivity contribution in [3.8, 4) is 0 Å². The van der Waals surface area contributed by atoms with E-state index in [2.05, 4.69) is 18.1 Å². The molecule has 0 radical (unpaired) electrons. The van der Waals surface area contributed by atoms with Gasteiger partial charge in [-0.3, -0.25) is 4.52 Å². The molecular formula is C12H20N3O13P3. The second-order valence-corrected chi connectivity index (χ2v) is 11.0. The molecule has 0 fully saturated rings. The highest BCUT2D eigenvalue weighted by Crippen LogP contribution is 2.66. The molecule has 31 heavy (non-hydrogen) atoms. The van der Waals surface area contributed by atoms with Gasteiger partial charge < -0.3 is 35.2 Å². The van der Waals surface area contributed by atoms with E-state index in [4.69, 9.17) is 20.3 Å². The fraction of sp³-hybridized carbons (Fsp3) is 0.500. The van der Waals surface area contributed by atoms with Gasteiger partial charge in [0.15, 0.2) is 5.60 Å².